The lowest BCUT2D eigenvalue weighted by molar-refractivity contribution is -0.122. The van der Waals surface area contributed by atoms with Crippen LogP contribution in [0.4, 0.5) is 10.6 Å². The third-order valence-electron chi connectivity index (χ3n) is 4.76. The molecule has 2 amide bonds. The maximum atomic E-state index is 12.9. The molecule has 1 N–H and O–H groups in total. The zero-order valence-corrected chi connectivity index (χ0v) is 16.6. The van der Waals surface area contributed by atoms with Crippen LogP contribution in [0.15, 0.2) is 16.7 Å². The number of amides is 2. The molecule has 0 aromatic carbocycles. The fraction of sp³-hybridized carbons (Fsp3) is 0.611. The van der Waals surface area contributed by atoms with Crippen LogP contribution in [0, 0.1) is 12.8 Å². The van der Waals surface area contributed by atoms with Gasteiger partial charge in [-0.2, -0.15) is 0 Å². The summed E-state index contributed by atoms with van der Waals surface area (Å²) in [5, 5.41) is 2.90. The number of likely N-dealkylation sites (tertiary alicyclic amines) is 1. The van der Waals surface area contributed by atoms with Crippen LogP contribution in [-0.2, 0) is 9.53 Å². The topological polar surface area (TPSA) is 71.5 Å². The van der Waals surface area contributed by atoms with Gasteiger partial charge in [-0.05, 0) is 80.4 Å². The third-order valence-corrected chi connectivity index (χ3v) is 5.20. The van der Waals surface area contributed by atoms with E-state index in [2.05, 4.69) is 26.2 Å². The summed E-state index contributed by atoms with van der Waals surface area (Å²) in [5.74, 6) is 0.517. The highest BCUT2D eigenvalue weighted by Gasteiger charge is 2.52. The number of anilines is 1. The van der Waals surface area contributed by atoms with Crippen LogP contribution in [-0.4, -0.2) is 39.6 Å². The van der Waals surface area contributed by atoms with Crippen LogP contribution in [0.1, 0.15) is 45.6 Å². The number of hydrogen-bond donors (Lipinski definition) is 1. The molecule has 1 aromatic heterocycles. The van der Waals surface area contributed by atoms with E-state index in [1.165, 1.54) is 0 Å². The Balaban J connectivity index is 1.80. The van der Waals surface area contributed by atoms with Gasteiger partial charge in [0.05, 0.1) is 0 Å². The Morgan fingerprint density at radius 2 is 2.04 bits per heavy atom. The molecule has 6 nitrogen and oxygen atoms in total. The number of aryl methyl sites for hydroxylation is 1. The fourth-order valence-electron chi connectivity index (χ4n) is 3.73. The van der Waals surface area contributed by atoms with E-state index < -0.39 is 17.7 Å². The van der Waals surface area contributed by atoms with Crippen molar-refractivity contribution in [1.29, 1.82) is 0 Å². The number of fused-ring (bicyclic) bond motifs is 2. The lowest BCUT2D eigenvalue weighted by Gasteiger charge is -2.35. The van der Waals surface area contributed by atoms with E-state index in [9.17, 15) is 9.59 Å². The Kier molecular flexibility index (Phi) is 4.79. The van der Waals surface area contributed by atoms with Crippen LogP contribution >= 0.6 is 15.9 Å². The SMILES string of the molecule is Cc1ccc(Br)nc1NC(=O)[C@@H]1[C@@H]2CC[C@@H](C2)N1C(=O)OC(C)(C)C. The van der Waals surface area contributed by atoms with Crippen molar-refractivity contribution >= 4 is 33.7 Å². The molecule has 1 aliphatic carbocycles. The Morgan fingerprint density at radius 1 is 1.32 bits per heavy atom. The van der Waals surface area contributed by atoms with E-state index in [0.717, 1.165) is 24.8 Å². The quantitative estimate of drug-likeness (QED) is 0.752. The van der Waals surface area contributed by atoms with Crippen LogP contribution in [0.3, 0.4) is 0 Å². The Hall–Kier alpha value is -1.63. The number of carbonyl (C=O) groups excluding carboxylic acids is 2. The molecule has 2 bridgehead atoms. The van der Waals surface area contributed by atoms with Crippen LogP contribution < -0.4 is 5.32 Å². The molecule has 1 saturated heterocycles. The minimum absolute atomic E-state index is 0.0900. The predicted molar refractivity (Wildman–Crippen MR) is 98.3 cm³/mol. The number of pyridine rings is 1. The summed E-state index contributed by atoms with van der Waals surface area (Å²) >= 11 is 3.32. The Bertz CT molecular complexity index is 701. The summed E-state index contributed by atoms with van der Waals surface area (Å²) in [7, 11) is 0. The smallest absolute Gasteiger partial charge is 0.411 e. The second-order valence-electron chi connectivity index (χ2n) is 7.85. The first-order valence-electron chi connectivity index (χ1n) is 8.61. The number of aromatic nitrogens is 1. The van der Waals surface area contributed by atoms with Gasteiger partial charge in [0.2, 0.25) is 5.91 Å². The summed E-state index contributed by atoms with van der Waals surface area (Å²) in [4.78, 5) is 31.5. The second-order valence-corrected chi connectivity index (χ2v) is 8.66. The van der Waals surface area contributed by atoms with Crippen LogP contribution in [0.5, 0.6) is 0 Å². The van der Waals surface area contributed by atoms with E-state index in [1.54, 1.807) is 4.90 Å². The molecule has 2 aliphatic rings. The molecule has 3 atom stereocenters. The van der Waals surface area contributed by atoms with Gasteiger partial charge in [0.25, 0.3) is 0 Å². The van der Waals surface area contributed by atoms with E-state index in [0.29, 0.717) is 10.4 Å². The average Bonchev–Trinajstić information content (AvgIpc) is 3.09. The number of halogens is 1. The monoisotopic (exact) mass is 409 g/mol. The zero-order chi connectivity index (χ0) is 18.4. The highest BCUT2D eigenvalue weighted by molar-refractivity contribution is 9.10. The van der Waals surface area contributed by atoms with Crippen molar-refractivity contribution < 1.29 is 14.3 Å². The molecule has 3 rings (SSSR count). The minimum Gasteiger partial charge on any atom is -0.444 e. The van der Waals surface area contributed by atoms with Crippen molar-refractivity contribution in [2.45, 2.75) is 64.6 Å². The Morgan fingerprint density at radius 3 is 2.72 bits per heavy atom. The third kappa shape index (κ3) is 3.81. The summed E-state index contributed by atoms with van der Waals surface area (Å²) in [5.41, 5.74) is 0.297. The molecular weight excluding hydrogens is 386 g/mol. The first-order chi connectivity index (χ1) is 11.7. The molecule has 1 aliphatic heterocycles. The molecular formula is C18H24BrN3O3. The summed E-state index contributed by atoms with van der Waals surface area (Å²) in [6.45, 7) is 7.40. The Labute approximate surface area is 156 Å². The van der Waals surface area contributed by atoms with Gasteiger partial charge in [-0.3, -0.25) is 9.69 Å². The number of nitrogens with zero attached hydrogens (tertiary/aromatic N) is 2. The van der Waals surface area contributed by atoms with E-state index in [4.69, 9.17) is 4.74 Å². The highest BCUT2D eigenvalue weighted by Crippen LogP contribution is 2.43. The maximum absolute atomic E-state index is 12.9. The fourth-order valence-corrected chi connectivity index (χ4v) is 4.03. The minimum atomic E-state index is -0.581. The molecule has 0 spiro atoms. The first-order valence-corrected chi connectivity index (χ1v) is 9.40. The van der Waals surface area contributed by atoms with Crippen molar-refractivity contribution in [2.75, 3.05) is 5.32 Å². The molecule has 1 aromatic rings. The van der Waals surface area contributed by atoms with Gasteiger partial charge in [0, 0.05) is 6.04 Å². The maximum Gasteiger partial charge on any atom is 0.411 e. The van der Waals surface area contributed by atoms with E-state index in [-0.39, 0.29) is 17.9 Å². The molecule has 0 radical (unpaired) electrons. The van der Waals surface area contributed by atoms with Crippen LogP contribution in [0.2, 0.25) is 0 Å². The first kappa shape index (κ1) is 18.2. The van der Waals surface area contributed by atoms with Gasteiger partial charge >= 0.3 is 6.09 Å². The van der Waals surface area contributed by atoms with Crippen molar-refractivity contribution in [1.82, 2.24) is 9.88 Å². The van der Waals surface area contributed by atoms with Gasteiger partial charge in [0.1, 0.15) is 22.1 Å². The van der Waals surface area contributed by atoms with Gasteiger partial charge < -0.3 is 10.1 Å². The highest BCUT2D eigenvalue weighted by atomic mass is 79.9. The average molecular weight is 410 g/mol. The number of nitrogens with one attached hydrogen (secondary N) is 1. The van der Waals surface area contributed by atoms with Crippen LogP contribution in [0.25, 0.3) is 0 Å². The summed E-state index contributed by atoms with van der Waals surface area (Å²) in [6.07, 6.45) is 2.36. The number of carbonyl (C=O) groups is 2. The number of rotatable bonds is 2. The van der Waals surface area contributed by atoms with Gasteiger partial charge in [-0.15, -0.1) is 0 Å². The largest absolute Gasteiger partial charge is 0.444 e. The number of hydrogen-bond acceptors (Lipinski definition) is 4. The zero-order valence-electron chi connectivity index (χ0n) is 15.0. The van der Waals surface area contributed by atoms with E-state index >= 15 is 0 Å². The number of piperidine rings is 1. The molecule has 136 valence electrons. The molecule has 2 fully saturated rings. The standard InChI is InChI=1S/C18H24BrN3O3/c1-10-5-8-13(19)20-15(10)21-16(23)14-11-6-7-12(9-11)22(14)17(24)25-18(2,3)4/h5,8,11-12,14H,6-7,9H2,1-4H3,(H,20,21,23)/t11-,12+,14+/m1/s1. The molecule has 1 saturated carbocycles. The van der Waals surface area contributed by atoms with Crippen molar-refractivity contribution in [2.24, 2.45) is 5.92 Å². The number of ether oxygens (including phenoxy) is 1. The molecule has 2 heterocycles. The summed E-state index contributed by atoms with van der Waals surface area (Å²) < 4.78 is 6.19. The van der Waals surface area contributed by atoms with Gasteiger partial charge in [-0.25, -0.2) is 9.78 Å². The normalized spacial score (nSPS) is 25.2. The van der Waals surface area contributed by atoms with Gasteiger partial charge in [0.15, 0.2) is 0 Å². The predicted octanol–water partition coefficient (Wildman–Crippen LogP) is 3.88. The second kappa shape index (κ2) is 6.59. The lowest BCUT2D eigenvalue weighted by atomic mass is 9.98. The summed E-state index contributed by atoms with van der Waals surface area (Å²) in [6, 6.07) is 3.32. The van der Waals surface area contributed by atoms with Crippen molar-refractivity contribution in [3.63, 3.8) is 0 Å². The lowest BCUT2D eigenvalue weighted by Crippen LogP contribution is -2.52. The molecule has 7 heteroatoms. The molecule has 25 heavy (non-hydrogen) atoms. The van der Waals surface area contributed by atoms with E-state index in [1.807, 2.05) is 39.8 Å². The van der Waals surface area contributed by atoms with Crippen molar-refractivity contribution in [3.05, 3.63) is 22.3 Å². The van der Waals surface area contributed by atoms with Crippen molar-refractivity contribution in [3.8, 4) is 0 Å². The van der Waals surface area contributed by atoms with Gasteiger partial charge in [-0.1, -0.05) is 6.07 Å². The molecule has 0 unspecified atom stereocenters.